The second-order valence-electron chi connectivity index (χ2n) is 6.49. The second kappa shape index (κ2) is 9.13. The molecule has 1 fully saturated rings. The maximum absolute atomic E-state index is 13.0. The molecule has 0 unspecified atom stereocenters. The Hall–Kier alpha value is -3.13. The monoisotopic (exact) mass is 472 g/mol. The van der Waals surface area contributed by atoms with Crippen molar-refractivity contribution in [2.75, 3.05) is 18.1 Å². The van der Waals surface area contributed by atoms with Crippen LogP contribution in [0, 0.1) is 6.92 Å². The van der Waals surface area contributed by atoms with E-state index in [1.165, 1.54) is 6.08 Å². The van der Waals surface area contributed by atoms with Crippen LogP contribution in [0.15, 0.2) is 46.4 Å². The number of nitrogens with one attached hydrogen (secondary N) is 1. The highest BCUT2D eigenvalue weighted by Gasteiger charge is 2.36. The van der Waals surface area contributed by atoms with Crippen LogP contribution in [0.3, 0.4) is 0 Å². The molecule has 0 saturated carbocycles. The topological polar surface area (TPSA) is 84.9 Å². The van der Waals surface area contributed by atoms with E-state index in [4.69, 9.17) is 9.47 Å². The molecule has 4 amide bonds. The summed E-state index contributed by atoms with van der Waals surface area (Å²) >= 11 is 3.44. The first kappa shape index (κ1) is 21.6. The molecular weight excluding hydrogens is 452 g/mol. The number of carbonyl (C=O) groups excluding carboxylic acids is 3. The van der Waals surface area contributed by atoms with Gasteiger partial charge in [-0.3, -0.25) is 14.9 Å². The number of nitrogens with zero attached hydrogens (tertiary/aromatic N) is 1. The van der Waals surface area contributed by atoms with E-state index in [1.807, 2.05) is 20.8 Å². The first-order valence-corrected chi connectivity index (χ1v) is 10.2. The molecule has 0 bridgehead atoms. The minimum atomic E-state index is -0.783. The normalized spacial score (nSPS) is 15.4. The summed E-state index contributed by atoms with van der Waals surface area (Å²) in [5.74, 6) is -0.431. The summed E-state index contributed by atoms with van der Waals surface area (Å²) < 4.78 is 11.9. The number of carbonyl (C=O) groups is 3. The highest BCUT2D eigenvalue weighted by molar-refractivity contribution is 9.10. The number of barbiturate groups is 1. The zero-order chi connectivity index (χ0) is 21.8. The molecule has 0 aliphatic carbocycles. The predicted molar refractivity (Wildman–Crippen MR) is 117 cm³/mol. The van der Waals surface area contributed by atoms with Crippen molar-refractivity contribution in [3.63, 3.8) is 0 Å². The van der Waals surface area contributed by atoms with Crippen LogP contribution < -0.4 is 19.7 Å². The fourth-order valence-electron chi connectivity index (χ4n) is 2.97. The zero-order valence-corrected chi connectivity index (χ0v) is 18.4. The molecule has 1 aliphatic rings. The molecule has 0 radical (unpaired) electrons. The minimum absolute atomic E-state index is 0.159. The van der Waals surface area contributed by atoms with Crippen LogP contribution in [-0.4, -0.2) is 31.1 Å². The van der Waals surface area contributed by atoms with Crippen LogP contribution in [0.4, 0.5) is 10.5 Å². The lowest BCUT2D eigenvalue weighted by atomic mass is 10.1. The van der Waals surface area contributed by atoms with Gasteiger partial charge in [0.2, 0.25) is 0 Å². The van der Waals surface area contributed by atoms with Crippen molar-refractivity contribution < 1.29 is 23.9 Å². The van der Waals surface area contributed by atoms with Crippen LogP contribution in [0.25, 0.3) is 6.08 Å². The zero-order valence-electron chi connectivity index (χ0n) is 16.8. The van der Waals surface area contributed by atoms with Crippen LogP contribution in [0.1, 0.15) is 25.0 Å². The fourth-order valence-corrected chi connectivity index (χ4v) is 3.55. The van der Waals surface area contributed by atoms with Crippen LogP contribution in [0.2, 0.25) is 0 Å². The summed E-state index contributed by atoms with van der Waals surface area (Å²) in [5, 5.41) is 2.22. The van der Waals surface area contributed by atoms with Gasteiger partial charge in [0.05, 0.1) is 23.4 Å². The molecule has 3 rings (SSSR count). The Labute approximate surface area is 182 Å². The third-order valence-corrected chi connectivity index (χ3v) is 4.91. The summed E-state index contributed by atoms with van der Waals surface area (Å²) in [6, 6.07) is 9.49. The number of benzene rings is 2. The molecule has 7 nitrogen and oxygen atoms in total. The van der Waals surface area contributed by atoms with Gasteiger partial charge in [-0.25, -0.2) is 9.69 Å². The number of urea groups is 1. The summed E-state index contributed by atoms with van der Waals surface area (Å²) in [6.07, 6.45) is 1.42. The lowest BCUT2D eigenvalue weighted by molar-refractivity contribution is -0.122. The number of hydrogen-bond donors (Lipinski definition) is 1. The van der Waals surface area contributed by atoms with E-state index in [2.05, 4.69) is 21.2 Å². The van der Waals surface area contributed by atoms with Gasteiger partial charge in [0, 0.05) is 0 Å². The lowest BCUT2D eigenvalue weighted by Gasteiger charge is -2.26. The number of hydrogen-bond acceptors (Lipinski definition) is 5. The number of anilines is 1. The maximum Gasteiger partial charge on any atom is 0.335 e. The van der Waals surface area contributed by atoms with Gasteiger partial charge < -0.3 is 9.47 Å². The first-order valence-electron chi connectivity index (χ1n) is 9.43. The Kier molecular flexibility index (Phi) is 6.56. The molecule has 1 N–H and O–H groups in total. The number of halogens is 1. The third kappa shape index (κ3) is 4.38. The molecule has 0 aromatic heterocycles. The Morgan fingerprint density at radius 2 is 1.70 bits per heavy atom. The van der Waals surface area contributed by atoms with Crippen molar-refractivity contribution in [1.29, 1.82) is 0 Å². The van der Waals surface area contributed by atoms with E-state index < -0.39 is 17.8 Å². The van der Waals surface area contributed by atoms with Crippen molar-refractivity contribution in [3.05, 3.63) is 57.6 Å². The summed E-state index contributed by atoms with van der Waals surface area (Å²) in [4.78, 5) is 38.7. The average Bonchev–Trinajstić information content (AvgIpc) is 2.69. The van der Waals surface area contributed by atoms with Crippen LogP contribution in [0.5, 0.6) is 11.5 Å². The van der Waals surface area contributed by atoms with Crippen molar-refractivity contribution in [2.45, 2.75) is 20.8 Å². The molecule has 1 aliphatic heterocycles. The van der Waals surface area contributed by atoms with E-state index in [1.54, 1.807) is 36.4 Å². The molecule has 0 spiro atoms. The van der Waals surface area contributed by atoms with Gasteiger partial charge in [0.25, 0.3) is 11.8 Å². The van der Waals surface area contributed by atoms with Crippen molar-refractivity contribution in [3.8, 4) is 11.5 Å². The Morgan fingerprint density at radius 1 is 1.03 bits per heavy atom. The third-order valence-electron chi connectivity index (χ3n) is 4.33. The van der Waals surface area contributed by atoms with Gasteiger partial charge in [-0.15, -0.1) is 0 Å². The molecule has 0 atom stereocenters. The van der Waals surface area contributed by atoms with Gasteiger partial charge in [-0.05, 0) is 72.6 Å². The van der Waals surface area contributed by atoms with Crippen molar-refractivity contribution in [1.82, 2.24) is 5.32 Å². The number of amides is 4. The molecule has 8 heteroatoms. The molecular formula is C22H21BrN2O5. The van der Waals surface area contributed by atoms with Crippen LogP contribution >= 0.6 is 15.9 Å². The molecule has 30 heavy (non-hydrogen) atoms. The minimum Gasteiger partial charge on any atom is -0.490 e. The summed E-state index contributed by atoms with van der Waals surface area (Å²) in [7, 11) is 0. The van der Waals surface area contributed by atoms with E-state index in [9.17, 15) is 14.4 Å². The molecule has 1 saturated heterocycles. The number of ether oxygens (including phenoxy) is 2. The molecule has 156 valence electrons. The number of aryl methyl sites for hydroxylation is 1. The standard InChI is InChI=1S/C22H21BrN2O5/c1-4-29-18-12-14(11-17(23)19(18)30-5-2)10-16-20(26)24-22(28)25(21(16)27)15-8-6-13(3)7-9-15/h6-12H,4-5H2,1-3H3,(H,24,26,28)/b16-10+. The molecule has 2 aromatic rings. The summed E-state index contributed by atoms with van der Waals surface area (Å²) in [5.41, 5.74) is 1.75. The highest BCUT2D eigenvalue weighted by Crippen LogP contribution is 2.37. The van der Waals surface area contributed by atoms with E-state index >= 15 is 0 Å². The van der Waals surface area contributed by atoms with Gasteiger partial charge in [0.15, 0.2) is 11.5 Å². The van der Waals surface area contributed by atoms with Crippen molar-refractivity contribution >= 4 is 45.5 Å². The largest absolute Gasteiger partial charge is 0.490 e. The second-order valence-corrected chi connectivity index (χ2v) is 7.34. The fraction of sp³-hybridized carbons (Fsp3) is 0.227. The van der Waals surface area contributed by atoms with E-state index in [0.29, 0.717) is 40.4 Å². The highest BCUT2D eigenvalue weighted by atomic mass is 79.9. The van der Waals surface area contributed by atoms with Crippen molar-refractivity contribution in [2.24, 2.45) is 0 Å². The van der Waals surface area contributed by atoms with E-state index in [-0.39, 0.29) is 5.57 Å². The van der Waals surface area contributed by atoms with Crippen LogP contribution in [-0.2, 0) is 9.59 Å². The predicted octanol–water partition coefficient (Wildman–Crippen LogP) is 4.22. The number of rotatable bonds is 6. The Balaban J connectivity index is 2.03. The van der Waals surface area contributed by atoms with Gasteiger partial charge >= 0.3 is 6.03 Å². The smallest absolute Gasteiger partial charge is 0.335 e. The summed E-state index contributed by atoms with van der Waals surface area (Å²) in [6.45, 7) is 6.48. The molecule has 1 heterocycles. The lowest BCUT2D eigenvalue weighted by Crippen LogP contribution is -2.54. The van der Waals surface area contributed by atoms with E-state index in [0.717, 1.165) is 10.5 Å². The number of imide groups is 2. The van der Waals surface area contributed by atoms with Gasteiger partial charge in [-0.2, -0.15) is 0 Å². The maximum atomic E-state index is 13.0. The first-order chi connectivity index (χ1) is 14.3. The SMILES string of the molecule is CCOc1cc(/C=C2\C(=O)NC(=O)N(c3ccc(C)cc3)C2=O)cc(Br)c1OCC. The Bertz CT molecular complexity index is 1030. The Morgan fingerprint density at radius 3 is 2.33 bits per heavy atom. The van der Waals surface area contributed by atoms with Gasteiger partial charge in [-0.1, -0.05) is 17.7 Å². The van der Waals surface area contributed by atoms with Gasteiger partial charge in [0.1, 0.15) is 5.57 Å². The quantitative estimate of drug-likeness (QED) is 0.502. The molecule has 2 aromatic carbocycles. The average molecular weight is 473 g/mol.